The quantitative estimate of drug-likeness (QED) is 0.791. The lowest BCUT2D eigenvalue weighted by atomic mass is 9.77. The zero-order chi connectivity index (χ0) is 11.8. The van der Waals surface area contributed by atoms with Gasteiger partial charge in [-0.25, -0.2) is 0 Å². The highest BCUT2D eigenvalue weighted by molar-refractivity contribution is 5.06. The highest BCUT2D eigenvalue weighted by Gasteiger charge is 2.58. The number of rotatable bonds is 3. The van der Waals surface area contributed by atoms with Gasteiger partial charge >= 0.3 is 6.18 Å². The summed E-state index contributed by atoms with van der Waals surface area (Å²) in [7, 11) is 0. The first-order chi connectivity index (χ1) is 7.48. The molecule has 94 valence electrons. The van der Waals surface area contributed by atoms with Crippen LogP contribution in [-0.2, 0) is 0 Å². The summed E-state index contributed by atoms with van der Waals surface area (Å²) in [4.78, 5) is 0. The summed E-state index contributed by atoms with van der Waals surface area (Å²) < 4.78 is 38.0. The molecule has 0 bridgehead atoms. The van der Waals surface area contributed by atoms with Crippen molar-refractivity contribution in [3.63, 3.8) is 0 Å². The van der Waals surface area contributed by atoms with E-state index in [0.717, 1.165) is 32.4 Å². The smallest absolute Gasteiger partial charge is 0.317 e. The Labute approximate surface area is 94.8 Å². The Kier molecular flexibility index (Phi) is 3.21. The summed E-state index contributed by atoms with van der Waals surface area (Å²) in [5.41, 5.74) is 0.0423. The van der Waals surface area contributed by atoms with Crippen LogP contribution in [0, 0.1) is 17.3 Å². The van der Waals surface area contributed by atoms with Gasteiger partial charge in [-0.2, -0.15) is 13.2 Å². The standard InChI is InChI=1S/C12H20F3N/c1-2-16-8-10-7-11(10)5-3-4-9(6-11)12(13,14)15/h9-10,16H,2-8H2,1H3. The molecule has 1 N–H and O–H groups in total. The maximum Gasteiger partial charge on any atom is 0.391 e. The Balaban J connectivity index is 1.89. The molecule has 0 aliphatic heterocycles. The normalized spacial score (nSPS) is 39.0. The van der Waals surface area contributed by atoms with Gasteiger partial charge in [0.15, 0.2) is 0 Å². The van der Waals surface area contributed by atoms with Crippen LogP contribution in [0.4, 0.5) is 13.2 Å². The highest BCUT2D eigenvalue weighted by Crippen LogP contribution is 2.63. The van der Waals surface area contributed by atoms with Crippen LogP contribution >= 0.6 is 0 Å². The summed E-state index contributed by atoms with van der Waals surface area (Å²) in [5, 5.41) is 3.25. The summed E-state index contributed by atoms with van der Waals surface area (Å²) >= 11 is 0. The average molecular weight is 235 g/mol. The van der Waals surface area contributed by atoms with Crippen LogP contribution in [0.2, 0.25) is 0 Å². The van der Waals surface area contributed by atoms with Gasteiger partial charge in [0.05, 0.1) is 5.92 Å². The third-order valence-electron chi connectivity index (χ3n) is 4.34. The number of halogens is 3. The first-order valence-corrected chi connectivity index (χ1v) is 6.25. The maximum absolute atomic E-state index is 12.7. The Morgan fingerprint density at radius 1 is 1.31 bits per heavy atom. The number of nitrogens with one attached hydrogen (secondary N) is 1. The molecule has 0 amide bonds. The predicted octanol–water partition coefficient (Wildman–Crippen LogP) is 3.35. The van der Waals surface area contributed by atoms with Gasteiger partial charge < -0.3 is 5.32 Å². The Morgan fingerprint density at radius 2 is 2.06 bits per heavy atom. The van der Waals surface area contributed by atoms with Crippen molar-refractivity contribution in [1.29, 1.82) is 0 Å². The lowest BCUT2D eigenvalue weighted by Gasteiger charge is -2.31. The molecule has 0 aromatic heterocycles. The van der Waals surface area contributed by atoms with Crippen molar-refractivity contribution >= 4 is 0 Å². The largest absolute Gasteiger partial charge is 0.391 e. The van der Waals surface area contributed by atoms with Crippen molar-refractivity contribution in [2.75, 3.05) is 13.1 Å². The van der Waals surface area contributed by atoms with Crippen LogP contribution in [0.5, 0.6) is 0 Å². The fourth-order valence-electron chi connectivity index (χ4n) is 3.27. The van der Waals surface area contributed by atoms with Gasteiger partial charge in [0.1, 0.15) is 0 Å². The van der Waals surface area contributed by atoms with Crippen molar-refractivity contribution in [2.45, 2.75) is 45.2 Å². The monoisotopic (exact) mass is 235 g/mol. The van der Waals surface area contributed by atoms with E-state index in [2.05, 4.69) is 5.32 Å². The van der Waals surface area contributed by atoms with Crippen LogP contribution in [-0.4, -0.2) is 19.3 Å². The fourth-order valence-corrected chi connectivity index (χ4v) is 3.27. The van der Waals surface area contributed by atoms with Gasteiger partial charge in [-0.05, 0) is 50.1 Å². The van der Waals surface area contributed by atoms with E-state index in [9.17, 15) is 13.2 Å². The summed E-state index contributed by atoms with van der Waals surface area (Å²) in [5.74, 6) is -0.537. The molecule has 2 saturated carbocycles. The van der Waals surface area contributed by atoms with Crippen LogP contribution in [0.15, 0.2) is 0 Å². The molecule has 2 rings (SSSR count). The van der Waals surface area contributed by atoms with Crippen LogP contribution in [0.1, 0.15) is 39.0 Å². The average Bonchev–Trinajstić information content (AvgIpc) is 2.87. The van der Waals surface area contributed by atoms with Crippen molar-refractivity contribution in [3.8, 4) is 0 Å². The molecule has 2 fully saturated rings. The highest BCUT2D eigenvalue weighted by atomic mass is 19.4. The van der Waals surface area contributed by atoms with E-state index in [-0.39, 0.29) is 5.41 Å². The first-order valence-electron chi connectivity index (χ1n) is 6.25. The predicted molar refractivity (Wildman–Crippen MR) is 57.1 cm³/mol. The van der Waals surface area contributed by atoms with E-state index in [1.54, 1.807) is 0 Å². The molecule has 1 nitrogen and oxygen atoms in total. The number of hydrogen-bond acceptors (Lipinski definition) is 1. The minimum absolute atomic E-state index is 0.0423. The summed E-state index contributed by atoms with van der Waals surface area (Å²) in [6.45, 7) is 3.85. The second-order valence-corrected chi connectivity index (χ2v) is 5.41. The summed E-state index contributed by atoms with van der Waals surface area (Å²) in [6, 6.07) is 0. The van der Waals surface area contributed by atoms with E-state index in [4.69, 9.17) is 0 Å². The number of hydrogen-bond donors (Lipinski definition) is 1. The van der Waals surface area contributed by atoms with Gasteiger partial charge in [0.25, 0.3) is 0 Å². The Bertz CT molecular complexity index is 251. The molecule has 1 spiro atoms. The van der Waals surface area contributed by atoms with E-state index in [1.165, 1.54) is 0 Å². The molecule has 0 radical (unpaired) electrons. The second-order valence-electron chi connectivity index (χ2n) is 5.41. The molecule has 16 heavy (non-hydrogen) atoms. The molecular weight excluding hydrogens is 215 g/mol. The van der Waals surface area contributed by atoms with Crippen molar-refractivity contribution in [3.05, 3.63) is 0 Å². The topological polar surface area (TPSA) is 12.0 Å². The molecule has 2 aliphatic rings. The SMILES string of the molecule is CCNCC1CC12CCCC(C(F)(F)F)C2. The zero-order valence-electron chi connectivity index (χ0n) is 9.74. The molecule has 0 heterocycles. The molecule has 2 aliphatic carbocycles. The minimum atomic E-state index is -3.97. The van der Waals surface area contributed by atoms with E-state index >= 15 is 0 Å². The maximum atomic E-state index is 12.7. The molecule has 3 unspecified atom stereocenters. The van der Waals surface area contributed by atoms with Crippen molar-refractivity contribution in [1.82, 2.24) is 5.32 Å². The van der Waals surface area contributed by atoms with Crippen molar-refractivity contribution < 1.29 is 13.2 Å². The molecule has 0 aromatic rings. The number of alkyl halides is 3. The molecule has 3 atom stereocenters. The van der Waals surface area contributed by atoms with E-state index in [1.807, 2.05) is 6.92 Å². The lowest BCUT2D eigenvalue weighted by molar-refractivity contribution is -0.187. The van der Waals surface area contributed by atoms with Crippen LogP contribution in [0.3, 0.4) is 0 Å². The van der Waals surface area contributed by atoms with E-state index < -0.39 is 12.1 Å². The third-order valence-corrected chi connectivity index (χ3v) is 4.34. The van der Waals surface area contributed by atoms with Crippen molar-refractivity contribution in [2.24, 2.45) is 17.3 Å². The zero-order valence-corrected chi connectivity index (χ0v) is 9.74. The van der Waals surface area contributed by atoms with E-state index in [0.29, 0.717) is 18.8 Å². The van der Waals surface area contributed by atoms with Gasteiger partial charge in [-0.15, -0.1) is 0 Å². The third kappa shape index (κ3) is 2.36. The Morgan fingerprint density at radius 3 is 2.69 bits per heavy atom. The van der Waals surface area contributed by atoms with Crippen LogP contribution < -0.4 is 5.32 Å². The van der Waals surface area contributed by atoms with Gasteiger partial charge in [0, 0.05) is 0 Å². The van der Waals surface area contributed by atoms with Gasteiger partial charge in [0.2, 0.25) is 0 Å². The second kappa shape index (κ2) is 4.21. The molecular formula is C12H20F3N. The lowest BCUT2D eigenvalue weighted by Crippen LogP contribution is -2.31. The molecule has 0 aromatic carbocycles. The molecule has 0 saturated heterocycles. The van der Waals surface area contributed by atoms with Crippen LogP contribution in [0.25, 0.3) is 0 Å². The van der Waals surface area contributed by atoms with Gasteiger partial charge in [-0.1, -0.05) is 13.3 Å². The molecule has 4 heteroatoms. The minimum Gasteiger partial charge on any atom is -0.317 e. The fraction of sp³-hybridized carbons (Fsp3) is 1.00. The Hall–Kier alpha value is -0.250. The van der Waals surface area contributed by atoms with Gasteiger partial charge in [-0.3, -0.25) is 0 Å². The summed E-state index contributed by atoms with van der Waals surface area (Å²) in [6.07, 6.45) is -0.473. The first kappa shape index (κ1) is 12.2.